The summed E-state index contributed by atoms with van der Waals surface area (Å²) in [5.74, 6) is -0.520. The minimum atomic E-state index is -0.341. The largest absolute Gasteiger partial charge is 0.287 e. The Kier molecular flexibility index (Phi) is 3.26. The zero-order valence-corrected chi connectivity index (χ0v) is 11.9. The van der Waals surface area contributed by atoms with Crippen LogP contribution in [0, 0.1) is 19.7 Å². The van der Waals surface area contributed by atoms with Gasteiger partial charge in [-0.05, 0) is 55.3 Å². The van der Waals surface area contributed by atoms with E-state index in [0.29, 0.717) is 16.8 Å². The smallest absolute Gasteiger partial charge is 0.211 e. The van der Waals surface area contributed by atoms with Gasteiger partial charge in [0.2, 0.25) is 5.78 Å². The number of hydrogen-bond donors (Lipinski definition) is 0. The third-order valence-corrected chi connectivity index (χ3v) is 3.59. The van der Waals surface area contributed by atoms with Gasteiger partial charge in [0, 0.05) is 10.9 Å². The van der Waals surface area contributed by atoms with E-state index in [9.17, 15) is 9.18 Å². The number of carbonyl (C=O) groups is 1. The first-order chi connectivity index (χ1) is 10.1. The summed E-state index contributed by atoms with van der Waals surface area (Å²) in [4.78, 5) is 17.0. The summed E-state index contributed by atoms with van der Waals surface area (Å²) in [6.07, 6.45) is 0. The highest BCUT2D eigenvalue weighted by Gasteiger charge is 2.15. The van der Waals surface area contributed by atoms with Gasteiger partial charge in [0.1, 0.15) is 11.5 Å². The van der Waals surface area contributed by atoms with E-state index in [1.54, 1.807) is 13.0 Å². The molecule has 0 N–H and O–H groups in total. The van der Waals surface area contributed by atoms with Gasteiger partial charge in [-0.2, -0.15) is 0 Å². The molecule has 0 bridgehead atoms. The van der Waals surface area contributed by atoms with Gasteiger partial charge in [0.05, 0.1) is 5.52 Å². The number of aryl methyl sites for hydroxylation is 2. The number of nitrogens with zero attached hydrogens (tertiary/aromatic N) is 1. The Labute approximate surface area is 122 Å². The van der Waals surface area contributed by atoms with E-state index in [1.165, 1.54) is 18.2 Å². The fourth-order valence-corrected chi connectivity index (χ4v) is 2.49. The van der Waals surface area contributed by atoms with Gasteiger partial charge < -0.3 is 0 Å². The lowest BCUT2D eigenvalue weighted by molar-refractivity contribution is 0.103. The van der Waals surface area contributed by atoms with Crippen molar-refractivity contribution in [3.63, 3.8) is 0 Å². The van der Waals surface area contributed by atoms with Crippen LogP contribution in [-0.4, -0.2) is 10.8 Å². The van der Waals surface area contributed by atoms with E-state index in [4.69, 9.17) is 0 Å². The molecule has 1 heterocycles. The zero-order valence-electron chi connectivity index (χ0n) is 11.9. The van der Waals surface area contributed by atoms with Crippen LogP contribution in [0.3, 0.4) is 0 Å². The number of benzene rings is 2. The van der Waals surface area contributed by atoms with Crippen LogP contribution in [-0.2, 0) is 0 Å². The first-order valence-electron chi connectivity index (χ1n) is 6.73. The molecular formula is C18H14FNO. The van der Waals surface area contributed by atoms with Crippen LogP contribution in [0.4, 0.5) is 4.39 Å². The molecule has 2 aromatic carbocycles. The van der Waals surface area contributed by atoms with Crippen LogP contribution in [0.15, 0.2) is 48.5 Å². The molecule has 0 aliphatic rings. The number of aromatic nitrogens is 1. The highest BCUT2D eigenvalue weighted by molar-refractivity contribution is 6.09. The molecule has 0 spiro atoms. The normalized spacial score (nSPS) is 10.8. The quantitative estimate of drug-likeness (QED) is 0.657. The summed E-state index contributed by atoms with van der Waals surface area (Å²) in [5.41, 5.74) is 3.29. The number of para-hydroxylation sites is 1. The van der Waals surface area contributed by atoms with E-state index >= 15 is 0 Å². The molecule has 3 aromatic rings. The maximum Gasteiger partial charge on any atom is 0.211 e. The molecule has 3 rings (SSSR count). The molecule has 0 radical (unpaired) electrons. The van der Waals surface area contributed by atoms with E-state index in [0.717, 1.165) is 16.5 Å². The van der Waals surface area contributed by atoms with Crippen molar-refractivity contribution in [1.29, 1.82) is 0 Å². The van der Waals surface area contributed by atoms with Gasteiger partial charge in [0.25, 0.3) is 0 Å². The first-order valence-corrected chi connectivity index (χ1v) is 6.73. The number of halogens is 1. The van der Waals surface area contributed by atoms with E-state index < -0.39 is 0 Å². The lowest BCUT2D eigenvalue weighted by Gasteiger charge is -2.08. The maximum absolute atomic E-state index is 13.2. The molecule has 0 fully saturated rings. The molecule has 0 aliphatic heterocycles. The van der Waals surface area contributed by atoms with Gasteiger partial charge in [-0.25, -0.2) is 9.37 Å². The van der Waals surface area contributed by atoms with Gasteiger partial charge in [0.15, 0.2) is 0 Å². The molecule has 0 aliphatic carbocycles. The number of fused-ring (bicyclic) bond motifs is 1. The van der Waals surface area contributed by atoms with Crippen molar-refractivity contribution in [3.05, 3.63) is 76.7 Å². The van der Waals surface area contributed by atoms with Gasteiger partial charge >= 0.3 is 0 Å². The fraction of sp³-hybridized carbons (Fsp3) is 0.111. The maximum atomic E-state index is 13.2. The fourth-order valence-electron chi connectivity index (χ4n) is 2.49. The van der Waals surface area contributed by atoms with Crippen LogP contribution < -0.4 is 0 Å². The third-order valence-electron chi connectivity index (χ3n) is 3.59. The van der Waals surface area contributed by atoms with E-state index in [1.807, 2.05) is 31.2 Å². The second-order valence-corrected chi connectivity index (χ2v) is 5.13. The molecule has 0 unspecified atom stereocenters. The number of pyridine rings is 1. The highest BCUT2D eigenvalue weighted by atomic mass is 19.1. The Morgan fingerprint density at radius 3 is 2.52 bits per heavy atom. The van der Waals surface area contributed by atoms with Crippen LogP contribution in [0.1, 0.15) is 27.2 Å². The zero-order chi connectivity index (χ0) is 15.0. The standard InChI is InChI=1S/C18H14FNO/c1-11-9-13(19)7-8-15(11)18(21)17-10-12(2)14-5-3-4-6-16(14)20-17/h3-10H,1-2H3. The number of carbonyl (C=O) groups excluding carboxylic acids is 1. The Morgan fingerprint density at radius 2 is 1.76 bits per heavy atom. The molecule has 0 amide bonds. The van der Waals surface area contributed by atoms with E-state index in [2.05, 4.69) is 4.98 Å². The molecule has 2 nitrogen and oxygen atoms in total. The summed E-state index contributed by atoms with van der Waals surface area (Å²) in [6.45, 7) is 3.68. The van der Waals surface area contributed by atoms with Crippen molar-refractivity contribution in [2.24, 2.45) is 0 Å². The Morgan fingerprint density at radius 1 is 1.00 bits per heavy atom. The van der Waals surface area contributed by atoms with Crippen LogP contribution in [0.2, 0.25) is 0 Å². The molecular weight excluding hydrogens is 265 g/mol. The summed E-state index contributed by atoms with van der Waals surface area (Å²) in [5, 5.41) is 1.03. The van der Waals surface area contributed by atoms with Gasteiger partial charge in [-0.1, -0.05) is 18.2 Å². The SMILES string of the molecule is Cc1cc(F)ccc1C(=O)c1cc(C)c2ccccc2n1. The predicted molar refractivity (Wildman–Crippen MR) is 81.0 cm³/mol. The van der Waals surface area contributed by atoms with Crippen LogP contribution in [0.5, 0.6) is 0 Å². The highest BCUT2D eigenvalue weighted by Crippen LogP contribution is 2.20. The summed E-state index contributed by atoms with van der Waals surface area (Å²) in [7, 11) is 0. The Hall–Kier alpha value is -2.55. The lowest BCUT2D eigenvalue weighted by atomic mass is 10.00. The van der Waals surface area contributed by atoms with Crippen molar-refractivity contribution in [2.75, 3.05) is 0 Å². The van der Waals surface area contributed by atoms with Crippen molar-refractivity contribution in [1.82, 2.24) is 4.98 Å². The summed E-state index contributed by atoms with van der Waals surface area (Å²) < 4.78 is 13.2. The summed E-state index contributed by atoms with van der Waals surface area (Å²) >= 11 is 0. The average Bonchev–Trinajstić information content (AvgIpc) is 2.46. The molecule has 104 valence electrons. The monoisotopic (exact) mass is 279 g/mol. The second-order valence-electron chi connectivity index (χ2n) is 5.13. The van der Waals surface area contributed by atoms with Crippen LogP contribution >= 0.6 is 0 Å². The van der Waals surface area contributed by atoms with Gasteiger partial charge in [-0.3, -0.25) is 4.79 Å². The molecule has 0 atom stereocenters. The molecule has 0 saturated heterocycles. The van der Waals surface area contributed by atoms with Crippen molar-refractivity contribution in [2.45, 2.75) is 13.8 Å². The van der Waals surface area contributed by atoms with Gasteiger partial charge in [-0.15, -0.1) is 0 Å². The molecule has 0 saturated carbocycles. The minimum Gasteiger partial charge on any atom is -0.287 e. The van der Waals surface area contributed by atoms with Crippen molar-refractivity contribution >= 4 is 16.7 Å². The third kappa shape index (κ3) is 2.42. The van der Waals surface area contributed by atoms with Crippen LogP contribution in [0.25, 0.3) is 10.9 Å². The number of hydrogen-bond acceptors (Lipinski definition) is 2. The molecule has 21 heavy (non-hydrogen) atoms. The lowest BCUT2D eigenvalue weighted by Crippen LogP contribution is -2.07. The summed E-state index contributed by atoms with van der Waals surface area (Å²) in [6, 6.07) is 13.7. The molecule has 1 aromatic heterocycles. The molecule has 3 heteroatoms. The second kappa shape index (κ2) is 5.09. The Balaban J connectivity index is 2.13. The van der Waals surface area contributed by atoms with Crippen molar-refractivity contribution < 1.29 is 9.18 Å². The van der Waals surface area contributed by atoms with E-state index in [-0.39, 0.29) is 11.6 Å². The topological polar surface area (TPSA) is 30.0 Å². The number of rotatable bonds is 2. The Bertz CT molecular complexity index is 855. The number of ketones is 1. The average molecular weight is 279 g/mol. The first kappa shape index (κ1) is 13.4. The van der Waals surface area contributed by atoms with Crippen molar-refractivity contribution in [3.8, 4) is 0 Å². The predicted octanol–water partition coefficient (Wildman–Crippen LogP) is 4.22. The minimum absolute atomic E-state index is 0.179.